The molecule has 0 N–H and O–H groups in total. The van der Waals surface area contributed by atoms with Crippen LogP contribution in [0.25, 0.3) is 0 Å². The second kappa shape index (κ2) is 10.5. The molecular formula is C29H40O8. The lowest BCUT2D eigenvalue weighted by molar-refractivity contribution is -0.134. The predicted octanol–water partition coefficient (Wildman–Crippen LogP) is 5.76. The third kappa shape index (κ3) is 4.79. The van der Waals surface area contributed by atoms with E-state index in [-0.39, 0.29) is 23.2 Å². The fourth-order valence-corrected chi connectivity index (χ4v) is 7.95. The zero-order valence-electron chi connectivity index (χ0n) is 22.8. The van der Waals surface area contributed by atoms with Crippen LogP contribution in [0.15, 0.2) is 35.5 Å². The molecule has 37 heavy (non-hydrogen) atoms. The highest BCUT2D eigenvalue weighted by atomic mass is 16.7. The summed E-state index contributed by atoms with van der Waals surface area (Å²) in [6.45, 7) is 6.79. The summed E-state index contributed by atoms with van der Waals surface area (Å²) in [6.07, 6.45) is 10.8. The van der Waals surface area contributed by atoms with Crippen LogP contribution in [0.3, 0.4) is 0 Å². The van der Waals surface area contributed by atoms with Crippen molar-refractivity contribution < 1.29 is 38.1 Å². The molecule has 8 nitrogen and oxygen atoms in total. The van der Waals surface area contributed by atoms with Gasteiger partial charge < -0.3 is 23.7 Å². The van der Waals surface area contributed by atoms with Crippen LogP contribution in [0, 0.1) is 34.5 Å². The molecule has 0 aromatic carbocycles. The van der Waals surface area contributed by atoms with Gasteiger partial charge in [0.1, 0.15) is 12.2 Å². The first-order valence-corrected chi connectivity index (χ1v) is 13.2. The van der Waals surface area contributed by atoms with Crippen LogP contribution < -0.4 is 0 Å². The molecule has 0 spiro atoms. The lowest BCUT2D eigenvalue weighted by Crippen LogP contribution is -2.54. The lowest BCUT2D eigenvalue weighted by Gasteiger charge is -2.57. The molecule has 4 rings (SSSR count). The number of ether oxygens (including phenoxy) is 5. The topological polar surface area (TPSA) is 97.4 Å². The number of hydrogen-bond acceptors (Lipinski definition) is 8. The second-order valence-electron chi connectivity index (χ2n) is 11.4. The summed E-state index contributed by atoms with van der Waals surface area (Å²) in [5.74, 6) is 1.04. The van der Waals surface area contributed by atoms with Gasteiger partial charge in [0.25, 0.3) is 0 Å². The first-order chi connectivity index (χ1) is 17.6. The molecule has 8 heteroatoms. The fourth-order valence-electron chi connectivity index (χ4n) is 7.95. The van der Waals surface area contributed by atoms with Crippen LogP contribution in [-0.4, -0.2) is 51.8 Å². The molecule has 4 aliphatic carbocycles. The molecule has 0 bridgehead atoms. The number of methoxy groups -OCH3 is 3. The molecule has 3 saturated carbocycles. The summed E-state index contributed by atoms with van der Waals surface area (Å²) in [4.78, 5) is 35.8. The molecule has 0 saturated heterocycles. The summed E-state index contributed by atoms with van der Waals surface area (Å²) < 4.78 is 25.7. The number of fused-ring (bicyclic) bond motifs is 5. The molecule has 8 atom stereocenters. The molecule has 0 amide bonds. The normalized spacial score (nSPS) is 37.2. The van der Waals surface area contributed by atoms with Crippen LogP contribution in [0.2, 0.25) is 0 Å². The summed E-state index contributed by atoms with van der Waals surface area (Å²) in [7, 11) is 3.99. The van der Waals surface area contributed by atoms with Crippen LogP contribution in [0.1, 0.15) is 59.3 Å². The van der Waals surface area contributed by atoms with Gasteiger partial charge in [-0.3, -0.25) is 0 Å². The Morgan fingerprint density at radius 3 is 2.32 bits per heavy atom. The van der Waals surface area contributed by atoms with E-state index in [0.717, 1.165) is 31.3 Å². The highest BCUT2D eigenvalue weighted by molar-refractivity contribution is 5.81. The Labute approximate surface area is 219 Å². The van der Waals surface area contributed by atoms with Gasteiger partial charge in [0.2, 0.25) is 0 Å². The van der Waals surface area contributed by atoms with E-state index in [2.05, 4.69) is 32.9 Å². The Morgan fingerprint density at radius 1 is 0.946 bits per heavy atom. The average molecular weight is 517 g/mol. The van der Waals surface area contributed by atoms with Gasteiger partial charge in [-0.2, -0.15) is 0 Å². The Bertz CT molecular complexity index is 1010. The molecule has 2 unspecified atom stereocenters. The molecular weight excluding hydrogens is 476 g/mol. The molecule has 0 aromatic heterocycles. The van der Waals surface area contributed by atoms with Crippen molar-refractivity contribution in [2.75, 3.05) is 21.3 Å². The molecule has 0 heterocycles. The Hall–Kier alpha value is -2.77. The van der Waals surface area contributed by atoms with E-state index in [1.54, 1.807) is 6.08 Å². The first kappa shape index (κ1) is 27.3. The SMILES string of the molecule is COC(=O)/C=C\[C@H](C)[C@H]1CC[C@H]2C3=CC=C4CC(OC(=O)OC)CC(OC(=O)OC)[C@]4(C)[C@H]3CC[C@]12C. The van der Waals surface area contributed by atoms with Gasteiger partial charge in [-0.05, 0) is 54.8 Å². The highest BCUT2D eigenvalue weighted by Gasteiger charge is 2.60. The number of carbonyl (C=O) groups is 3. The summed E-state index contributed by atoms with van der Waals surface area (Å²) in [6, 6.07) is 0. The monoisotopic (exact) mass is 516 g/mol. The Balaban J connectivity index is 1.64. The van der Waals surface area contributed by atoms with Gasteiger partial charge in [0.15, 0.2) is 0 Å². The predicted molar refractivity (Wildman–Crippen MR) is 135 cm³/mol. The van der Waals surface area contributed by atoms with Crippen LogP contribution >= 0.6 is 0 Å². The van der Waals surface area contributed by atoms with Crippen LogP contribution in [-0.2, 0) is 28.5 Å². The smallest absolute Gasteiger partial charge is 0.466 e. The van der Waals surface area contributed by atoms with Gasteiger partial charge in [0, 0.05) is 24.3 Å². The van der Waals surface area contributed by atoms with E-state index in [9.17, 15) is 14.4 Å². The van der Waals surface area contributed by atoms with Gasteiger partial charge >= 0.3 is 18.3 Å². The van der Waals surface area contributed by atoms with Gasteiger partial charge in [-0.25, -0.2) is 14.4 Å². The number of hydrogen-bond donors (Lipinski definition) is 0. The Kier molecular flexibility index (Phi) is 7.77. The number of allylic oxidation sites excluding steroid dienone is 4. The molecule has 3 fully saturated rings. The largest absolute Gasteiger partial charge is 0.508 e. The van der Waals surface area contributed by atoms with E-state index in [4.69, 9.17) is 23.7 Å². The zero-order chi connectivity index (χ0) is 27.0. The zero-order valence-corrected chi connectivity index (χ0v) is 22.8. The van der Waals surface area contributed by atoms with E-state index in [0.29, 0.717) is 24.7 Å². The molecule has 4 aliphatic rings. The molecule has 204 valence electrons. The minimum absolute atomic E-state index is 0.119. The average Bonchev–Trinajstić information content (AvgIpc) is 3.24. The van der Waals surface area contributed by atoms with Crippen LogP contribution in [0.5, 0.6) is 0 Å². The summed E-state index contributed by atoms with van der Waals surface area (Å²) in [5, 5.41) is 0. The maximum Gasteiger partial charge on any atom is 0.508 e. The second-order valence-corrected chi connectivity index (χ2v) is 11.4. The van der Waals surface area contributed by atoms with Crippen molar-refractivity contribution in [2.45, 2.75) is 71.5 Å². The summed E-state index contributed by atoms with van der Waals surface area (Å²) >= 11 is 0. The van der Waals surface area contributed by atoms with Gasteiger partial charge in [-0.1, -0.05) is 50.1 Å². The maximum absolute atomic E-state index is 12.3. The maximum atomic E-state index is 12.3. The quantitative estimate of drug-likeness (QED) is 0.258. The lowest BCUT2D eigenvalue weighted by atomic mass is 9.49. The third-order valence-corrected chi connectivity index (χ3v) is 9.88. The first-order valence-electron chi connectivity index (χ1n) is 13.2. The van der Waals surface area contributed by atoms with Crippen molar-refractivity contribution in [1.29, 1.82) is 0 Å². The van der Waals surface area contributed by atoms with E-state index in [1.165, 1.54) is 26.9 Å². The van der Waals surface area contributed by atoms with E-state index in [1.807, 2.05) is 6.08 Å². The highest BCUT2D eigenvalue weighted by Crippen LogP contribution is 2.66. The Morgan fingerprint density at radius 2 is 1.65 bits per heavy atom. The van der Waals surface area contributed by atoms with Crippen molar-refractivity contribution in [3.05, 3.63) is 35.5 Å². The van der Waals surface area contributed by atoms with Crippen molar-refractivity contribution in [3.63, 3.8) is 0 Å². The van der Waals surface area contributed by atoms with Gasteiger partial charge in [-0.15, -0.1) is 0 Å². The number of rotatable bonds is 5. The number of esters is 1. The minimum atomic E-state index is -0.737. The van der Waals surface area contributed by atoms with E-state index >= 15 is 0 Å². The molecule has 0 aliphatic heterocycles. The molecule has 0 radical (unpaired) electrons. The van der Waals surface area contributed by atoms with Crippen LogP contribution in [0.4, 0.5) is 9.59 Å². The van der Waals surface area contributed by atoms with Gasteiger partial charge in [0.05, 0.1) is 21.3 Å². The van der Waals surface area contributed by atoms with E-state index < -0.39 is 29.9 Å². The number of carbonyl (C=O) groups excluding carboxylic acids is 3. The summed E-state index contributed by atoms with van der Waals surface area (Å²) in [5.41, 5.74) is 2.26. The van der Waals surface area contributed by atoms with Crippen molar-refractivity contribution in [2.24, 2.45) is 34.5 Å². The fraction of sp³-hybridized carbons (Fsp3) is 0.690. The molecule has 0 aromatic rings. The van der Waals surface area contributed by atoms with Crippen molar-refractivity contribution in [3.8, 4) is 0 Å². The van der Waals surface area contributed by atoms with Crippen molar-refractivity contribution >= 4 is 18.3 Å². The third-order valence-electron chi connectivity index (χ3n) is 9.88. The minimum Gasteiger partial charge on any atom is -0.466 e. The van der Waals surface area contributed by atoms with Crippen molar-refractivity contribution in [1.82, 2.24) is 0 Å². The standard InChI is InChI=1S/C29H40O8/c1-17(7-12-25(30)33-4)21-10-11-22-20-9-8-18-15-19(36-26(31)34-5)16-24(37-27(32)35-6)29(18,3)23(20)13-14-28(21,22)2/h7-9,12,17,19,21-24H,10-11,13-16H2,1-6H3/b12-7-/t17-,19?,21+,22-,23-,24?,28+,29-/m0/s1.